The second-order valence-electron chi connectivity index (χ2n) is 1.50. The fourth-order valence-electron chi connectivity index (χ4n) is 0.372. The molecule has 0 bridgehead atoms. The molecule has 0 atom stereocenters. The number of hydrogen-bond acceptors (Lipinski definition) is 2. The Hall–Kier alpha value is 0.230. The molecule has 0 amide bonds. The smallest absolute Gasteiger partial charge is 0.166 e. The van der Waals surface area contributed by atoms with Crippen LogP contribution in [0.5, 0.6) is 0 Å². The molecular weight excluding hydrogens is 169 g/mol. The van der Waals surface area contributed by atoms with Gasteiger partial charge in [0, 0.05) is 5.75 Å². The molecule has 0 nitrogen and oxygen atoms in total. The van der Waals surface area contributed by atoms with Gasteiger partial charge in [0.2, 0.25) is 0 Å². The lowest BCUT2D eigenvalue weighted by Crippen LogP contribution is -2.11. The van der Waals surface area contributed by atoms with E-state index in [1.165, 1.54) is 10.8 Å². The van der Waals surface area contributed by atoms with Crippen LogP contribution in [0.25, 0.3) is 0 Å². The van der Waals surface area contributed by atoms with Crippen molar-refractivity contribution < 1.29 is 13.2 Å². The predicted octanol–water partition coefficient (Wildman–Crippen LogP) is 2.83. The van der Waals surface area contributed by atoms with Crippen LogP contribution in [-0.4, -0.2) is 11.9 Å². The minimum Gasteiger partial charge on any atom is -0.166 e. The van der Waals surface area contributed by atoms with Crippen LogP contribution >= 0.6 is 21.6 Å². The SMILES string of the molecule is FC(F)(F)C1=CSSC1. The van der Waals surface area contributed by atoms with Crippen molar-refractivity contribution >= 4 is 21.6 Å². The van der Waals surface area contributed by atoms with Gasteiger partial charge in [-0.05, 0) is 5.41 Å². The van der Waals surface area contributed by atoms with Crippen molar-refractivity contribution in [2.75, 3.05) is 5.75 Å². The monoisotopic (exact) mass is 172 g/mol. The second-order valence-corrected chi connectivity index (χ2v) is 3.74. The van der Waals surface area contributed by atoms with Crippen LogP contribution in [-0.2, 0) is 0 Å². The highest BCUT2D eigenvalue weighted by Gasteiger charge is 2.35. The second kappa shape index (κ2) is 2.46. The van der Waals surface area contributed by atoms with E-state index in [4.69, 9.17) is 0 Å². The fourth-order valence-corrected chi connectivity index (χ4v) is 2.46. The van der Waals surface area contributed by atoms with Gasteiger partial charge in [-0.3, -0.25) is 0 Å². The zero-order valence-electron chi connectivity index (χ0n) is 4.23. The highest BCUT2D eigenvalue weighted by Crippen LogP contribution is 2.41. The summed E-state index contributed by atoms with van der Waals surface area (Å²) in [6, 6.07) is 0. The Morgan fingerprint density at radius 2 is 2.11 bits per heavy atom. The van der Waals surface area contributed by atoms with Gasteiger partial charge in [-0.1, -0.05) is 21.6 Å². The Morgan fingerprint density at radius 1 is 1.44 bits per heavy atom. The summed E-state index contributed by atoms with van der Waals surface area (Å²) in [7, 11) is 2.36. The molecule has 1 heterocycles. The molecule has 0 spiro atoms. The normalized spacial score (nSPS) is 20.1. The number of halogens is 3. The predicted molar refractivity (Wildman–Crippen MR) is 34.2 cm³/mol. The Bertz CT molecular complexity index is 137. The van der Waals surface area contributed by atoms with Gasteiger partial charge in [-0.2, -0.15) is 13.2 Å². The Kier molecular flexibility index (Phi) is 2.00. The van der Waals surface area contributed by atoms with Crippen molar-refractivity contribution in [3.8, 4) is 0 Å². The summed E-state index contributed by atoms with van der Waals surface area (Å²) >= 11 is 0. The van der Waals surface area contributed by atoms with E-state index in [0.717, 1.165) is 16.2 Å². The van der Waals surface area contributed by atoms with E-state index in [0.29, 0.717) is 0 Å². The van der Waals surface area contributed by atoms with Crippen LogP contribution in [0, 0.1) is 0 Å². The molecule has 0 aliphatic carbocycles. The molecule has 5 heteroatoms. The molecule has 0 saturated carbocycles. The van der Waals surface area contributed by atoms with Crippen molar-refractivity contribution in [3.63, 3.8) is 0 Å². The van der Waals surface area contributed by atoms with Crippen LogP contribution in [0.1, 0.15) is 0 Å². The van der Waals surface area contributed by atoms with Crippen LogP contribution in [0.15, 0.2) is 11.0 Å². The molecule has 0 radical (unpaired) electrons. The lowest BCUT2D eigenvalue weighted by Gasteiger charge is -2.03. The minimum atomic E-state index is -4.10. The van der Waals surface area contributed by atoms with E-state index in [1.807, 2.05) is 0 Å². The largest absolute Gasteiger partial charge is 0.414 e. The molecule has 0 N–H and O–H groups in total. The summed E-state index contributed by atoms with van der Waals surface area (Å²) in [5, 5.41) is 1.16. The van der Waals surface area contributed by atoms with Crippen LogP contribution in [0.2, 0.25) is 0 Å². The molecule has 1 aliphatic heterocycles. The average Bonchev–Trinajstić information content (AvgIpc) is 2.08. The molecule has 1 rings (SSSR count). The van der Waals surface area contributed by atoms with Crippen molar-refractivity contribution in [1.82, 2.24) is 0 Å². The minimum absolute atomic E-state index is 0.0914. The standard InChI is InChI=1S/C4H3F3S2/c5-4(6,7)3-1-8-9-2-3/h1H,2H2. The fraction of sp³-hybridized carbons (Fsp3) is 0.500. The highest BCUT2D eigenvalue weighted by molar-refractivity contribution is 8.78. The van der Waals surface area contributed by atoms with Crippen LogP contribution < -0.4 is 0 Å². The van der Waals surface area contributed by atoms with Crippen molar-refractivity contribution in [1.29, 1.82) is 0 Å². The third kappa shape index (κ3) is 1.82. The highest BCUT2D eigenvalue weighted by atomic mass is 33.1. The van der Waals surface area contributed by atoms with Crippen LogP contribution in [0.3, 0.4) is 0 Å². The molecule has 0 aromatic heterocycles. The topological polar surface area (TPSA) is 0 Å². The van der Waals surface area contributed by atoms with Gasteiger partial charge in [-0.25, -0.2) is 0 Å². The summed E-state index contributed by atoms with van der Waals surface area (Å²) in [6.07, 6.45) is -4.10. The summed E-state index contributed by atoms with van der Waals surface area (Å²) in [5.41, 5.74) is -0.419. The zero-order chi connectivity index (χ0) is 6.91. The van der Waals surface area contributed by atoms with Gasteiger partial charge in [0.15, 0.2) is 0 Å². The molecule has 0 aromatic carbocycles. The first-order valence-corrected chi connectivity index (χ1v) is 4.53. The summed E-state index contributed by atoms with van der Waals surface area (Å²) in [6.45, 7) is 0. The average molecular weight is 172 g/mol. The van der Waals surface area contributed by atoms with Gasteiger partial charge in [-0.15, -0.1) is 0 Å². The molecule has 52 valence electrons. The molecule has 0 unspecified atom stereocenters. The Balaban J connectivity index is 2.61. The molecule has 0 aromatic rings. The van der Waals surface area contributed by atoms with E-state index in [2.05, 4.69) is 0 Å². The van der Waals surface area contributed by atoms with Crippen molar-refractivity contribution in [2.24, 2.45) is 0 Å². The number of hydrogen-bond donors (Lipinski definition) is 0. The molecule has 1 aliphatic rings. The quantitative estimate of drug-likeness (QED) is 0.515. The third-order valence-corrected chi connectivity index (χ3v) is 2.83. The van der Waals surface area contributed by atoms with Gasteiger partial charge in [0.1, 0.15) is 0 Å². The van der Waals surface area contributed by atoms with E-state index < -0.39 is 11.7 Å². The summed E-state index contributed by atoms with van der Waals surface area (Å²) in [4.78, 5) is 0. The van der Waals surface area contributed by atoms with E-state index in [9.17, 15) is 13.2 Å². The first-order valence-electron chi connectivity index (χ1n) is 2.15. The maximum atomic E-state index is 11.7. The first kappa shape index (κ1) is 7.34. The molecular formula is C4H3F3S2. The van der Waals surface area contributed by atoms with Gasteiger partial charge in [0.05, 0.1) is 5.57 Å². The third-order valence-electron chi connectivity index (χ3n) is 0.837. The molecule has 0 fully saturated rings. The maximum Gasteiger partial charge on any atom is 0.414 e. The summed E-state index contributed by atoms with van der Waals surface area (Å²) in [5.74, 6) is 0.0914. The van der Waals surface area contributed by atoms with Gasteiger partial charge < -0.3 is 0 Å². The van der Waals surface area contributed by atoms with Gasteiger partial charge >= 0.3 is 6.18 Å². The first-order chi connectivity index (χ1) is 4.11. The van der Waals surface area contributed by atoms with Crippen molar-refractivity contribution in [3.05, 3.63) is 11.0 Å². The van der Waals surface area contributed by atoms with E-state index in [1.54, 1.807) is 0 Å². The van der Waals surface area contributed by atoms with Crippen LogP contribution in [0.4, 0.5) is 13.2 Å². The number of alkyl halides is 3. The Labute approximate surface area is 58.3 Å². The van der Waals surface area contributed by atoms with E-state index in [-0.39, 0.29) is 5.75 Å². The molecule has 0 saturated heterocycles. The molecule has 9 heavy (non-hydrogen) atoms. The maximum absolute atomic E-state index is 11.7. The zero-order valence-corrected chi connectivity index (χ0v) is 5.87. The number of rotatable bonds is 0. The summed E-state index contributed by atoms with van der Waals surface area (Å²) < 4.78 is 35.0. The van der Waals surface area contributed by atoms with E-state index >= 15 is 0 Å². The lowest BCUT2D eigenvalue weighted by molar-refractivity contribution is -0.0904. The Morgan fingerprint density at radius 3 is 2.33 bits per heavy atom. The van der Waals surface area contributed by atoms with Gasteiger partial charge in [0.25, 0.3) is 0 Å². The lowest BCUT2D eigenvalue weighted by atomic mass is 10.3. The van der Waals surface area contributed by atoms with Crippen molar-refractivity contribution in [2.45, 2.75) is 6.18 Å².